The van der Waals surface area contributed by atoms with Crippen LogP contribution in [0.15, 0.2) is 10.6 Å². The van der Waals surface area contributed by atoms with Gasteiger partial charge in [0.2, 0.25) is 0 Å². The molecule has 16 heavy (non-hydrogen) atoms. The van der Waals surface area contributed by atoms with E-state index in [9.17, 15) is 9.59 Å². The number of hydrogen-bond acceptors (Lipinski definition) is 5. The molecule has 8 heteroatoms. The van der Waals surface area contributed by atoms with E-state index in [1.54, 1.807) is 0 Å². The molecule has 1 rings (SSSR count). The SMILES string of the molecule is NC(=O)NCCNCc1cc(C(=O)O)no1. The minimum Gasteiger partial charge on any atom is -0.476 e. The lowest BCUT2D eigenvalue weighted by atomic mass is 10.3. The van der Waals surface area contributed by atoms with Crippen LogP contribution in [0.3, 0.4) is 0 Å². The van der Waals surface area contributed by atoms with E-state index >= 15 is 0 Å². The highest BCUT2D eigenvalue weighted by molar-refractivity contribution is 5.85. The van der Waals surface area contributed by atoms with E-state index in [4.69, 9.17) is 15.4 Å². The highest BCUT2D eigenvalue weighted by atomic mass is 16.5. The van der Waals surface area contributed by atoms with Crippen molar-refractivity contribution in [2.24, 2.45) is 5.73 Å². The Kier molecular flexibility index (Phi) is 4.28. The molecule has 1 aromatic heterocycles. The van der Waals surface area contributed by atoms with Crippen molar-refractivity contribution in [3.63, 3.8) is 0 Å². The largest absolute Gasteiger partial charge is 0.476 e. The second-order valence-electron chi connectivity index (χ2n) is 2.95. The lowest BCUT2D eigenvalue weighted by Crippen LogP contribution is -2.35. The first-order chi connectivity index (χ1) is 7.59. The van der Waals surface area contributed by atoms with Crippen LogP contribution in [0.2, 0.25) is 0 Å². The van der Waals surface area contributed by atoms with E-state index in [2.05, 4.69) is 15.8 Å². The smallest absolute Gasteiger partial charge is 0.358 e. The number of carboxylic acids is 1. The predicted octanol–water partition coefficient (Wildman–Crippen LogP) is -0.869. The number of carbonyl (C=O) groups excluding carboxylic acids is 1. The van der Waals surface area contributed by atoms with Crippen LogP contribution in [0, 0.1) is 0 Å². The summed E-state index contributed by atoms with van der Waals surface area (Å²) in [4.78, 5) is 20.8. The first-order valence-electron chi connectivity index (χ1n) is 4.52. The summed E-state index contributed by atoms with van der Waals surface area (Å²) in [6.45, 7) is 1.21. The molecule has 5 N–H and O–H groups in total. The summed E-state index contributed by atoms with van der Waals surface area (Å²) in [5.74, 6) is -0.720. The lowest BCUT2D eigenvalue weighted by Gasteiger charge is -2.01. The van der Waals surface area contributed by atoms with Crippen molar-refractivity contribution in [1.29, 1.82) is 0 Å². The van der Waals surface area contributed by atoms with Crippen molar-refractivity contribution < 1.29 is 19.2 Å². The zero-order chi connectivity index (χ0) is 12.0. The summed E-state index contributed by atoms with van der Waals surface area (Å²) < 4.78 is 4.75. The monoisotopic (exact) mass is 228 g/mol. The Bertz CT molecular complexity index is 376. The van der Waals surface area contributed by atoms with Crippen molar-refractivity contribution in [2.75, 3.05) is 13.1 Å². The van der Waals surface area contributed by atoms with Crippen molar-refractivity contribution in [2.45, 2.75) is 6.54 Å². The van der Waals surface area contributed by atoms with Crippen molar-refractivity contribution in [3.8, 4) is 0 Å². The second-order valence-corrected chi connectivity index (χ2v) is 2.95. The van der Waals surface area contributed by atoms with E-state index in [1.807, 2.05) is 0 Å². The minimum atomic E-state index is -1.13. The van der Waals surface area contributed by atoms with Gasteiger partial charge in [0, 0.05) is 19.2 Å². The van der Waals surface area contributed by atoms with Crippen LogP contribution < -0.4 is 16.4 Å². The fourth-order valence-corrected chi connectivity index (χ4v) is 0.983. The van der Waals surface area contributed by atoms with Gasteiger partial charge in [-0.15, -0.1) is 0 Å². The number of rotatable bonds is 6. The van der Waals surface area contributed by atoms with Crippen LogP contribution >= 0.6 is 0 Å². The van der Waals surface area contributed by atoms with Gasteiger partial charge in [0.05, 0.1) is 6.54 Å². The Morgan fingerprint density at radius 1 is 1.50 bits per heavy atom. The zero-order valence-electron chi connectivity index (χ0n) is 8.40. The van der Waals surface area contributed by atoms with Gasteiger partial charge in [-0.2, -0.15) is 0 Å². The molecule has 1 aromatic rings. The van der Waals surface area contributed by atoms with E-state index in [0.717, 1.165) is 0 Å². The van der Waals surface area contributed by atoms with E-state index < -0.39 is 12.0 Å². The molecule has 0 aromatic carbocycles. The van der Waals surface area contributed by atoms with Crippen LogP contribution in [0.5, 0.6) is 0 Å². The second kappa shape index (κ2) is 5.71. The number of carbonyl (C=O) groups is 2. The first-order valence-corrected chi connectivity index (χ1v) is 4.52. The number of carboxylic acid groups (broad SMARTS) is 1. The Morgan fingerprint density at radius 3 is 2.81 bits per heavy atom. The van der Waals surface area contributed by atoms with Crippen molar-refractivity contribution >= 4 is 12.0 Å². The van der Waals surface area contributed by atoms with Crippen LogP contribution in [0.1, 0.15) is 16.2 Å². The maximum absolute atomic E-state index is 10.5. The Balaban J connectivity index is 2.21. The normalized spacial score (nSPS) is 10.0. The quantitative estimate of drug-likeness (QED) is 0.468. The van der Waals surface area contributed by atoms with Crippen LogP contribution in [-0.4, -0.2) is 35.4 Å². The van der Waals surface area contributed by atoms with Gasteiger partial charge in [0.1, 0.15) is 0 Å². The van der Waals surface area contributed by atoms with Gasteiger partial charge in [-0.3, -0.25) is 0 Å². The van der Waals surface area contributed by atoms with Gasteiger partial charge in [0.15, 0.2) is 11.5 Å². The third-order valence-corrected chi connectivity index (χ3v) is 1.68. The van der Waals surface area contributed by atoms with Crippen LogP contribution in [0.4, 0.5) is 4.79 Å². The summed E-state index contributed by atoms with van der Waals surface area (Å²) in [5.41, 5.74) is 4.72. The Labute approximate surface area is 90.8 Å². The highest BCUT2D eigenvalue weighted by Crippen LogP contribution is 2.02. The summed E-state index contributed by atoms with van der Waals surface area (Å²) >= 11 is 0. The summed E-state index contributed by atoms with van der Waals surface area (Å²) in [6.07, 6.45) is 0. The standard InChI is InChI=1S/C8H12N4O4/c9-8(15)11-2-1-10-4-5-3-6(7(13)14)12-16-5/h3,10H,1-2,4H2,(H,13,14)(H3,9,11,15). The van der Waals surface area contributed by atoms with Gasteiger partial charge in [-0.1, -0.05) is 5.16 Å². The van der Waals surface area contributed by atoms with E-state index in [0.29, 0.717) is 25.4 Å². The molecule has 2 amide bonds. The number of hydrogen-bond donors (Lipinski definition) is 4. The molecule has 0 fully saturated rings. The first kappa shape index (κ1) is 12.0. The molecule has 0 unspecified atom stereocenters. The van der Waals surface area contributed by atoms with Gasteiger partial charge in [-0.25, -0.2) is 9.59 Å². The fraction of sp³-hybridized carbons (Fsp3) is 0.375. The Hall–Kier alpha value is -2.09. The molecule has 8 nitrogen and oxygen atoms in total. The van der Waals surface area contributed by atoms with E-state index in [1.165, 1.54) is 6.07 Å². The maximum atomic E-state index is 10.5. The summed E-state index contributed by atoms with van der Waals surface area (Å²) in [7, 11) is 0. The molecule has 88 valence electrons. The van der Waals surface area contributed by atoms with Crippen molar-refractivity contribution in [1.82, 2.24) is 15.8 Å². The number of nitrogens with one attached hydrogen (secondary N) is 2. The predicted molar refractivity (Wildman–Crippen MR) is 52.8 cm³/mol. The van der Waals surface area contributed by atoms with Crippen molar-refractivity contribution in [3.05, 3.63) is 17.5 Å². The van der Waals surface area contributed by atoms with Gasteiger partial charge in [-0.05, 0) is 0 Å². The number of nitrogens with two attached hydrogens (primary N) is 1. The third kappa shape index (κ3) is 3.96. The Morgan fingerprint density at radius 2 is 2.25 bits per heavy atom. The van der Waals surface area contributed by atoms with Gasteiger partial charge >= 0.3 is 12.0 Å². The number of nitrogens with zero attached hydrogens (tertiary/aromatic N) is 1. The fourth-order valence-electron chi connectivity index (χ4n) is 0.983. The van der Waals surface area contributed by atoms with Gasteiger partial charge < -0.3 is 26.0 Å². The molecule has 0 spiro atoms. The van der Waals surface area contributed by atoms with Crippen LogP contribution in [-0.2, 0) is 6.54 Å². The zero-order valence-corrected chi connectivity index (χ0v) is 8.40. The molecule has 0 bridgehead atoms. The summed E-state index contributed by atoms with van der Waals surface area (Å²) in [6, 6.07) is 0.742. The number of aromatic nitrogens is 1. The lowest BCUT2D eigenvalue weighted by molar-refractivity contribution is 0.0685. The van der Waals surface area contributed by atoms with Crippen LogP contribution in [0.25, 0.3) is 0 Å². The summed E-state index contributed by atoms with van der Waals surface area (Å²) in [5, 5.41) is 17.2. The molecule has 0 saturated carbocycles. The molecular formula is C8H12N4O4. The molecule has 1 heterocycles. The molecule has 0 saturated heterocycles. The molecule has 0 radical (unpaired) electrons. The molecule has 0 aliphatic heterocycles. The van der Waals surface area contributed by atoms with Gasteiger partial charge in [0.25, 0.3) is 0 Å². The highest BCUT2D eigenvalue weighted by Gasteiger charge is 2.09. The number of urea groups is 1. The van der Waals surface area contributed by atoms with E-state index in [-0.39, 0.29) is 5.69 Å². The number of primary amides is 1. The molecule has 0 aliphatic rings. The minimum absolute atomic E-state index is 0.132. The third-order valence-electron chi connectivity index (χ3n) is 1.68. The average Bonchev–Trinajstić information content (AvgIpc) is 2.65. The topological polar surface area (TPSA) is 130 Å². The molecular weight excluding hydrogens is 216 g/mol. The maximum Gasteiger partial charge on any atom is 0.358 e. The molecule has 0 atom stereocenters. The average molecular weight is 228 g/mol. The molecule has 0 aliphatic carbocycles. The number of aromatic carboxylic acids is 1. The number of amides is 2.